The van der Waals surface area contributed by atoms with Crippen molar-refractivity contribution in [3.63, 3.8) is 0 Å². The van der Waals surface area contributed by atoms with Crippen molar-refractivity contribution in [1.82, 2.24) is 10.2 Å². The summed E-state index contributed by atoms with van der Waals surface area (Å²) >= 11 is 0. The molecule has 3 aliphatic heterocycles. The number of nitro groups is 1. The van der Waals surface area contributed by atoms with Crippen LogP contribution in [-0.4, -0.2) is 47.3 Å². The Balaban J connectivity index is 1.90. The van der Waals surface area contributed by atoms with E-state index < -0.39 is 28.2 Å². The Morgan fingerprint density at radius 3 is 2.77 bits per heavy atom. The van der Waals surface area contributed by atoms with E-state index in [0.717, 1.165) is 23.4 Å². The number of imide groups is 2. The molecular formula is C17H18N4O5. The molecule has 26 heavy (non-hydrogen) atoms. The van der Waals surface area contributed by atoms with E-state index in [1.807, 2.05) is 4.90 Å². The summed E-state index contributed by atoms with van der Waals surface area (Å²) in [6.07, 6.45) is 2.49. The Hall–Kier alpha value is -2.97. The molecule has 0 radical (unpaired) electrons. The van der Waals surface area contributed by atoms with Gasteiger partial charge in [-0.25, -0.2) is 4.79 Å². The first-order chi connectivity index (χ1) is 12.4. The van der Waals surface area contributed by atoms with Crippen molar-refractivity contribution in [3.8, 4) is 0 Å². The second kappa shape index (κ2) is 5.52. The molecule has 2 saturated heterocycles. The van der Waals surface area contributed by atoms with Crippen molar-refractivity contribution in [2.24, 2.45) is 5.41 Å². The molecule has 4 amide bonds. The quantitative estimate of drug-likeness (QED) is 0.459. The fourth-order valence-corrected chi connectivity index (χ4v) is 4.49. The number of barbiturate groups is 1. The minimum absolute atomic E-state index is 0.0491. The van der Waals surface area contributed by atoms with Gasteiger partial charge in [0.15, 0.2) is 5.41 Å². The van der Waals surface area contributed by atoms with Gasteiger partial charge in [0.25, 0.3) is 5.69 Å². The third-order valence-corrected chi connectivity index (χ3v) is 5.74. The largest absolute Gasteiger partial charge is 0.367 e. The third kappa shape index (κ3) is 2.06. The van der Waals surface area contributed by atoms with Gasteiger partial charge in [-0.15, -0.1) is 0 Å². The molecule has 9 heteroatoms. The third-order valence-electron chi connectivity index (χ3n) is 5.74. The molecule has 0 bridgehead atoms. The first-order valence-corrected chi connectivity index (χ1v) is 8.54. The van der Waals surface area contributed by atoms with E-state index in [-0.39, 0.29) is 18.2 Å². The van der Waals surface area contributed by atoms with Gasteiger partial charge in [0, 0.05) is 37.8 Å². The molecule has 0 aliphatic carbocycles. The minimum Gasteiger partial charge on any atom is -0.367 e. The molecule has 136 valence electrons. The van der Waals surface area contributed by atoms with E-state index in [1.54, 1.807) is 6.07 Å². The van der Waals surface area contributed by atoms with E-state index in [9.17, 15) is 24.5 Å². The predicted molar refractivity (Wildman–Crippen MR) is 90.5 cm³/mol. The SMILES string of the molecule is CN1C(=O)NC(=O)[C@]2(Cc3cc([N+](=O)[O-])ccc3N3CCCC[C@@H]32)C1=O. The first-order valence-electron chi connectivity index (χ1n) is 8.54. The number of rotatable bonds is 1. The topological polar surface area (TPSA) is 113 Å². The van der Waals surface area contributed by atoms with Gasteiger partial charge < -0.3 is 4.90 Å². The average Bonchev–Trinajstić information content (AvgIpc) is 2.64. The number of carbonyl (C=O) groups excluding carboxylic acids is 3. The van der Waals surface area contributed by atoms with Gasteiger partial charge in [-0.3, -0.25) is 29.9 Å². The summed E-state index contributed by atoms with van der Waals surface area (Å²) < 4.78 is 0. The van der Waals surface area contributed by atoms with Crippen LogP contribution in [0.4, 0.5) is 16.2 Å². The van der Waals surface area contributed by atoms with Crippen LogP contribution in [0.1, 0.15) is 24.8 Å². The number of anilines is 1. The van der Waals surface area contributed by atoms with E-state index in [1.165, 1.54) is 19.2 Å². The van der Waals surface area contributed by atoms with Gasteiger partial charge in [-0.05, 0) is 30.9 Å². The molecule has 9 nitrogen and oxygen atoms in total. The summed E-state index contributed by atoms with van der Waals surface area (Å²) in [6.45, 7) is 0.662. The van der Waals surface area contributed by atoms with Crippen molar-refractivity contribution < 1.29 is 19.3 Å². The molecule has 2 atom stereocenters. The number of hydrogen-bond acceptors (Lipinski definition) is 6. The molecule has 4 rings (SSSR count). The molecule has 0 saturated carbocycles. The normalized spacial score (nSPS) is 27.9. The fourth-order valence-electron chi connectivity index (χ4n) is 4.49. The van der Waals surface area contributed by atoms with Crippen LogP contribution in [0.15, 0.2) is 18.2 Å². The van der Waals surface area contributed by atoms with Crippen molar-refractivity contribution in [2.45, 2.75) is 31.7 Å². The molecule has 3 aliphatic rings. The summed E-state index contributed by atoms with van der Waals surface area (Å²) in [4.78, 5) is 51.4. The fraction of sp³-hybridized carbons (Fsp3) is 0.471. The van der Waals surface area contributed by atoms with Crippen LogP contribution >= 0.6 is 0 Å². The lowest BCUT2D eigenvalue weighted by atomic mass is 9.66. The van der Waals surface area contributed by atoms with Gasteiger partial charge in [0.2, 0.25) is 11.8 Å². The molecule has 1 spiro atoms. The van der Waals surface area contributed by atoms with Crippen molar-refractivity contribution >= 4 is 29.2 Å². The number of non-ortho nitro benzene ring substituents is 1. The maximum atomic E-state index is 13.1. The van der Waals surface area contributed by atoms with E-state index in [2.05, 4.69) is 5.32 Å². The summed E-state index contributed by atoms with van der Waals surface area (Å²) in [5.41, 5.74) is -0.109. The molecule has 1 aromatic rings. The summed E-state index contributed by atoms with van der Waals surface area (Å²) in [5.74, 6) is -1.15. The Labute approximate surface area is 149 Å². The Kier molecular flexibility index (Phi) is 3.50. The highest BCUT2D eigenvalue weighted by atomic mass is 16.6. The zero-order chi connectivity index (χ0) is 18.6. The number of nitrogens with one attached hydrogen (secondary N) is 1. The van der Waals surface area contributed by atoms with Crippen LogP contribution in [0.25, 0.3) is 0 Å². The summed E-state index contributed by atoms with van der Waals surface area (Å²) in [5, 5.41) is 13.4. The number of nitro benzene ring substituents is 1. The van der Waals surface area contributed by atoms with Crippen LogP contribution < -0.4 is 10.2 Å². The summed E-state index contributed by atoms with van der Waals surface area (Å²) in [7, 11) is 1.35. The number of benzene rings is 1. The molecule has 0 aromatic heterocycles. The molecule has 2 fully saturated rings. The number of nitrogens with zero attached hydrogens (tertiary/aromatic N) is 3. The number of carbonyl (C=O) groups is 3. The lowest BCUT2D eigenvalue weighted by Crippen LogP contribution is -2.72. The van der Waals surface area contributed by atoms with Gasteiger partial charge in [-0.1, -0.05) is 0 Å². The van der Waals surface area contributed by atoms with Crippen LogP contribution in [0.3, 0.4) is 0 Å². The zero-order valence-corrected chi connectivity index (χ0v) is 14.2. The number of amides is 4. The van der Waals surface area contributed by atoms with Gasteiger partial charge in [-0.2, -0.15) is 0 Å². The second-order valence-corrected chi connectivity index (χ2v) is 7.05. The van der Waals surface area contributed by atoms with Crippen LogP contribution in [-0.2, 0) is 16.0 Å². The summed E-state index contributed by atoms with van der Waals surface area (Å²) in [6, 6.07) is 3.46. The highest BCUT2D eigenvalue weighted by Gasteiger charge is 2.61. The Morgan fingerprint density at radius 1 is 1.27 bits per heavy atom. The molecular weight excluding hydrogens is 340 g/mol. The minimum atomic E-state index is -1.44. The second-order valence-electron chi connectivity index (χ2n) is 7.05. The lowest BCUT2D eigenvalue weighted by Gasteiger charge is -2.53. The van der Waals surface area contributed by atoms with Gasteiger partial charge in [0.1, 0.15) is 0 Å². The van der Waals surface area contributed by atoms with Crippen LogP contribution in [0.2, 0.25) is 0 Å². The predicted octanol–water partition coefficient (Wildman–Crippen LogP) is 1.20. The van der Waals surface area contributed by atoms with Crippen LogP contribution in [0, 0.1) is 15.5 Å². The maximum absolute atomic E-state index is 13.1. The molecule has 3 heterocycles. The zero-order valence-electron chi connectivity index (χ0n) is 14.2. The van der Waals surface area contributed by atoms with Crippen molar-refractivity contribution in [1.29, 1.82) is 0 Å². The highest BCUT2D eigenvalue weighted by Crippen LogP contribution is 2.48. The van der Waals surface area contributed by atoms with E-state index in [4.69, 9.17) is 0 Å². The number of hydrogen-bond donors (Lipinski definition) is 1. The monoisotopic (exact) mass is 358 g/mol. The average molecular weight is 358 g/mol. The molecule has 1 aromatic carbocycles. The van der Waals surface area contributed by atoms with Crippen molar-refractivity contribution in [2.75, 3.05) is 18.5 Å². The Morgan fingerprint density at radius 2 is 2.04 bits per heavy atom. The molecule has 0 unspecified atom stereocenters. The number of urea groups is 1. The van der Waals surface area contributed by atoms with Gasteiger partial charge >= 0.3 is 6.03 Å². The van der Waals surface area contributed by atoms with E-state index in [0.29, 0.717) is 18.5 Å². The van der Waals surface area contributed by atoms with Gasteiger partial charge in [0.05, 0.1) is 11.0 Å². The van der Waals surface area contributed by atoms with Crippen molar-refractivity contribution in [3.05, 3.63) is 33.9 Å². The van der Waals surface area contributed by atoms with Crippen LogP contribution in [0.5, 0.6) is 0 Å². The maximum Gasteiger partial charge on any atom is 0.330 e. The van der Waals surface area contributed by atoms with E-state index >= 15 is 0 Å². The Bertz CT molecular complexity index is 854. The lowest BCUT2D eigenvalue weighted by molar-refractivity contribution is -0.384. The first kappa shape index (κ1) is 16.5. The number of piperidine rings is 1. The highest BCUT2D eigenvalue weighted by molar-refractivity contribution is 6.20. The number of fused-ring (bicyclic) bond motifs is 4. The standard InChI is InChI=1S/C17H18N4O5/c1-19-15(23)17(14(22)18-16(19)24)9-10-8-11(21(25)26)5-6-12(10)20-7-3-2-4-13(17)20/h5-6,8,13H,2-4,7,9H2,1H3,(H,18,22,24)/t13-,17-/m1/s1. The molecule has 1 N–H and O–H groups in total. The smallest absolute Gasteiger partial charge is 0.330 e.